The van der Waals surface area contributed by atoms with Crippen LogP contribution in [-0.2, 0) is 6.42 Å². The van der Waals surface area contributed by atoms with Gasteiger partial charge in [0.05, 0.1) is 12.0 Å². The third-order valence-corrected chi connectivity index (χ3v) is 1.91. The summed E-state index contributed by atoms with van der Waals surface area (Å²) in [5.74, 6) is 0.911. The zero-order chi connectivity index (χ0) is 9.64. The second-order valence-electron chi connectivity index (χ2n) is 2.95. The largest absolute Gasteiger partial charge is 0.469 e. The lowest BCUT2D eigenvalue weighted by molar-refractivity contribution is 0.534. The van der Waals surface area contributed by atoms with Crippen molar-refractivity contribution in [1.82, 2.24) is 9.97 Å². The SMILES string of the molecule is [CH](CCc1cnccn1)c1ccco1. The van der Waals surface area contributed by atoms with Crippen molar-refractivity contribution in [3.8, 4) is 0 Å². The molecule has 0 aliphatic rings. The lowest BCUT2D eigenvalue weighted by Crippen LogP contribution is -1.91. The summed E-state index contributed by atoms with van der Waals surface area (Å²) >= 11 is 0. The third-order valence-electron chi connectivity index (χ3n) is 1.91. The Morgan fingerprint density at radius 2 is 2.36 bits per heavy atom. The Kier molecular flexibility index (Phi) is 2.91. The molecule has 71 valence electrons. The molecule has 3 heteroatoms. The first-order valence-corrected chi connectivity index (χ1v) is 4.57. The fourth-order valence-corrected chi connectivity index (χ4v) is 1.23. The molecule has 0 amide bonds. The quantitative estimate of drug-likeness (QED) is 0.736. The summed E-state index contributed by atoms with van der Waals surface area (Å²) in [6, 6.07) is 3.82. The molecule has 0 bridgehead atoms. The maximum atomic E-state index is 5.18. The van der Waals surface area contributed by atoms with Gasteiger partial charge in [-0.3, -0.25) is 9.97 Å². The molecule has 14 heavy (non-hydrogen) atoms. The molecule has 0 aromatic carbocycles. The Bertz CT molecular complexity index is 356. The number of aryl methyl sites for hydroxylation is 1. The van der Waals surface area contributed by atoms with Crippen LogP contribution >= 0.6 is 0 Å². The average Bonchev–Trinajstić information content (AvgIpc) is 2.72. The second-order valence-corrected chi connectivity index (χ2v) is 2.95. The first-order chi connectivity index (χ1) is 6.95. The minimum absolute atomic E-state index is 0.897. The zero-order valence-electron chi connectivity index (χ0n) is 7.76. The average molecular weight is 187 g/mol. The van der Waals surface area contributed by atoms with Crippen LogP contribution in [0, 0.1) is 6.42 Å². The molecular formula is C11H11N2O. The van der Waals surface area contributed by atoms with E-state index >= 15 is 0 Å². The molecule has 2 aromatic rings. The van der Waals surface area contributed by atoms with E-state index in [1.807, 2.05) is 12.1 Å². The van der Waals surface area contributed by atoms with E-state index in [0.717, 1.165) is 24.3 Å². The van der Waals surface area contributed by atoms with Gasteiger partial charge >= 0.3 is 0 Å². The van der Waals surface area contributed by atoms with Crippen molar-refractivity contribution in [2.24, 2.45) is 0 Å². The first-order valence-electron chi connectivity index (χ1n) is 4.57. The van der Waals surface area contributed by atoms with E-state index in [2.05, 4.69) is 16.4 Å². The van der Waals surface area contributed by atoms with Gasteiger partial charge in [-0.1, -0.05) is 0 Å². The van der Waals surface area contributed by atoms with Crippen LogP contribution in [0.1, 0.15) is 17.9 Å². The topological polar surface area (TPSA) is 38.9 Å². The van der Waals surface area contributed by atoms with E-state index in [1.165, 1.54) is 0 Å². The molecule has 0 atom stereocenters. The van der Waals surface area contributed by atoms with Crippen LogP contribution in [0.25, 0.3) is 0 Å². The molecule has 0 spiro atoms. The highest BCUT2D eigenvalue weighted by atomic mass is 16.3. The van der Waals surface area contributed by atoms with Gasteiger partial charge in [0.1, 0.15) is 5.76 Å². The van der Waals surface area contributed by atoms with Gasteiger partial charge in [-0.2, -0.15) is 0 Å². The van der Waals surface area contributed by atoms with Crippen molar-refractivity contribution in [2.45, 2.75) is 12.8 Å². The van der Waals surface area contributed by atoms with E-state index in [0.29, 0.717) is 0 Å². The molecule has 1 radical (unpaired) electrons. The maximum Gasteiger partial charge on any atom is 0.107 e. The van der Waals surface area contributed by atoms with Gasteiger partial charge in [-0.05, 0) is 25.0 Å². The number of furan rings is 1. The predicted molar refractivity (Wildman–Crippen MR) is 52.5 cm³/mol. The first kappa shape index (κ1) is 8.94. The van der Waals surface area contributed by atoms with Crippen LogP contribution in [0.4, 0.5) is 0 Å². The Morgan fingerprint density at radius 1 is 1.36 bits per heavy atom. The number of rotatable bonds is 4. The third kappa shape index (κ3) is 2.42. The summed E-state index contributed by atoms with van der Waals surface area (Å²) in [5, 5.41) is 0. The van der Waals surface area contributed by atoms with E-state index in [4.69, 9.17) is 4.42 Å². The van der Waals surface area contributed by atoms with Gasteiger partial charge in [0.25, 0.3) is 0 Å². The fraction of sp³-hybridized carbons (Fsp3) is 0.182. The van der Waals surface area contributed by atoms with Gasteiger partial charge < -0.3 is 4.42 Å². The molecule has 0 saturated heterocycles. The van der Waals surface area contributed by atoms with E-state index in [1.54, 1.807) is 24.9 Å². The van der Waals surface area contributed by atoms with Crippen LogP contribution in [-0.4, -0.2) is 9.97 Å². The summed E-state index contributed by atoms with van der Waals surface area (Å²) in [7, 11) is 0. The zero-order valence-corrected chi connectivity index (χ0v) is 7.76. The van der Waals surface area contributed by atoms with E-state index < -0.39 is 0 Å². The standard InChI is InChI=1S/C11H11N2O/c1(4-11-5-2-8-14-11)3-10-9-12-6-7-13-10/h2,4-9H,1,3H2. The molecule has 0 aliphatic carbocycles. The van der Waals surface area contributed by atoms with Gasteiger partial charge in [0.15, 0.2) is 0 Å². The number of hydrogen-bond donors (Lipinski definition) is 0. The molecule has 2 aromatic heterocycles. The highest BCUT2D eigenvalue weighted by molar-refractivity contribution is 5.09. The van der Waals surface area contributed by atoms with Gasteiger partial charge in [0, 0.05) is 25.0 Å². The lowest BCUT2D eigenvalue weighted by atomic mass is 10.2. The Balaban J connectivity index is 1.79. The molecule has 0 saturated carbocycles. The van der Waals surface area contributed by atoms with E-state index in [-0.39, 0.29) is 0 Å². The fourth-order valence-electron chi connectivity index (χ4n) is 1.23. The summed E-state index contributed by atoms with van der Waals surface area (Å²) in [6.07, 6.45) is 10.7. The Hall–Kier alpha value is -1.64. The monoisotopic (exact) mass is 187 g/mol. The van der Waals surface area contributed by atoms with Crippen LogP contribution < -0.4 is 0 Å². The van der Waals surface area contributed by atoms with Crippen molar-refractivity contribution in [3.63, 3.8) is 0 Å². The minimum atomic E-state index is 0.897. The van der Waals surface area contributed by atoms with Crippen LogP contribution in [0.5, 0.6) is 0 Å². The van der Waals surface area contributed by atoms with E-state index in [9.17, 15) is 0 Å². The molecule has 0 unspecified atom stereocenters. The smallest absolute Gasteiger partial charge is 0.107 e. The van der Waals surface area contributed by atoms with Crippen LogP contribution in [0.3, 0.4) is 0 Å². The lowest BCUT2D eigenvalue weighted by Gasteiger charge is -1.97. The Morgan fingerprint density at radius 3 is 3.07 bits per heavy atom. The number of hydrogen-bond acceptors (Lipinski definition) is 3. The summed E-state index contributed by atoms with van der Waals surface area (Å²) in [4.78, 5) is 8.18. The highest BCUT2D eigenvalue weighted by Gasteiger charge is 1.98. The normalized spacial score (nSPS) is 10.3. The van der Waals surface area contributed by atoms with Gasteiger partial charge in [-0.15, -0.1) is 0 Å². The second kappa shape index (κ2) is 4.56. The number of aromatic nitrogens is 2. The highest BCUT2D eigenvalue weighted by Crippen LogP contribution is 2.08. The molecular weight excluding hydrogens is 176 g/mol. The molecule has 2 rings (SSSR count). The number of nitrogens with zero attached hydrogens (tertiary/aromatic N) is 2. The minimum Gasteiger partial charge on any atom is -0.469 e. The molecule has 3 nitrogen and oxygen atoms in total. The van der Waals surface area contributed by atoms with Crippen molar-refractivity contribution < 1.29 is 4.42 Å². The van der Waals surface area contributed by atoms with Crippen molar-refractivity contribution in [2.75, 3.05) is 0 Å². The molecule has 0 aliphatic heterocycles. The summed E-state index contributed by atoms with van der Waals surface area (Å²) < 4.78 is 5.18. The molecule has 0 fully saturated rings. The van der Waals surface area contributed by atoms with Crippen LogP contribution in [0.2, 0.25) is 0 Å². The van der Waals surface area contributed by atoms with Crippen molar-refractivity contribution in [3.05, 3.63) is 54.9 Å². The van der Waals surface area contributed by atoms with Crippen molar-refractivity contribution in [1.29, 1.82) is 0 Å². The molecule has 0 N–H and O–H groups in total. The summed E-state index contributed by atoms with van der Waals surface area (Å²) in [6.45, 7) is 0. The Labute approximate surface area is 82.8 Å². The summed E-state index contributed by atoms with van der Waals surface area (Å²) in [5.41, 5.74) is 1.01. The van der Waals surface area contributed by atoms with Gasteiger partial charge in [0.2, 0.25) is 0 Å². The van der Waals surface area contributed by atoms with Crippen LogP contribution in [0.15, 0.2) is 41.4 Å². The molecule has 2 heterocycles. The van der Waals surface area contributed by atoms with Gasteiger partial charge in [-0.25, -0.2) is 0 Å². The predicted octanol–water partition coefficient (Wildman–Crippen LogP) is 2.25. The van der Waals surface area contributed by atoms with Crippen molar-refractivity contribution >= 4 is 0 Å². The maximum absolute atomic E-state index is 5.18.